The zero-order chi connectivity index (χ0) is 23.6. The van der Waals surface area contributed by atoms with Crippen molar-refractivity contribution in [2.24, 2.45) is 0 Å². The first-order valence-corrected chi connectivity index (χ1v) is 12.7. The second-order valence-electron chi connectivity index (χ2n) is 8.37. The third-order valence-corrected chi connectivity index (χ3v) is 7.87. The average Bonchev–Trinajstić information content (AvgIpc) is 3.48. The lowest BCUT2D eigenvalue weighted by Crippen LogP contribution is -2.35. The minimum atomic E-state index is -3.10. The van der Waals surface area contributed by atoms with E-state index < -0.39 is 33.4 Å². The molecular formula is C23H26F2N4O3S. The maximum atomic E-state index is 14.2. The van der Waals surface area contributed by atoms with Crippen LogP contribution in [0.1, 0.15) is 46.9 Å². The molecule has 0 bridgehead atoms. The lowest BCUT2D eigenvalue weighted by Gasteiger charge is -2.23. The highest BCUT2D eigenvalue weighted by atomic mass is 32.2. The number of likely N-dealkylation sites (tertiary alicyclic amines) is 1. The van der Waals surface area contributed by atoms with E-state index in [4.69, 9.17) is 0 Å². The van der Waals surface area contributed by atoms with Crippen molar-refractivity contribution in [1.82, 2.24) is 20.0 Å². The van der Waals surface area contributed by atoms with Gasteiger partial charge in [0.05, 0.1) is 29.0 Å². The summed E-state index contributed by atoms with van der Waals surface area (Å²) in [5.74, 6) is -1.25. The molecule has 2 aromatic rings. The number of nitrogens with one attached hydrogen (secondary N) is 1. The number of benzene rings is 1. The Kier molecular flexibility index (Phi) is 6.76. The van der Waals surface area contributed by atoms with Crippen LogP contribution in [0.15, 0.2) is 37.1 Å². The second-order valence-corrected chi connectivity index (χ2v) is 10.6. The maximum Gasteiger partial charge on any atom is 0.255 e. The van der Waals surface area contributed by atoms with E-state index >= 15 is 0 Å². The summed E-state index contributed by atoms with van der Waals surface area (Å²) in [7, 11) is -3.10. The molecule has 1 aromatic carbocycles. The third kappa shape index (κ3) is 5.22. The van der Waals surface area contributed by atoms with Gasteiger partial charge < -0.3 is 5.32 Å². The molecule has 2 aliphatic heterocycles. The Morgan fingerprint density at radius 1 is 1.30 bits per heavy atom. The van der Waals surface area contributed by atoms with Gasteiger partial charge >= 0.3 is 0 Å². The largest absolute Gasteiger partial charge is 0.348 e. The Labute approximate surface area is 191 Å². The van der Waals surface area contributed by atoms with Gasteiger partial charge in [-0.3, -0.25) is 9.69 Å². The first kappa shape index (κ1) is 23.3. The summed E-state index contributed by atoms with van der Waals surface area (Å²) in [5.41, 5.74) is 1.15. The average molecular weight is 477 g/mol. The second kappa shape index (κ2) is 9.56. The predicted molar refractivity (Wildman–Crippen MR) is 122 cm³/mol. The van der Waals surface area contributed by atoms with Crippen molar-refractivity contribution in [3.63, 3.8) is 0 Å². The van der Waals surface area contributed by atoms with E-state index in [1.165, 1.54) is 23.0 Å². The molecule has 2 unspecified atom stereocenters. The molecule has 3 heterocycles. The summed E-state index contributed by atoms with van der Waals surface area (Å²) >= 11 is 0. The molecule has 2 fully saturated rings. The van der Waals surface area contributed by atoms with Crippen molar-refractivity contribution in [2.45, 2.75) is 31.3 Å². The summed E-state index contributed by atoms with van der Waals surface area (Å²) in [5, 5.41) is 6.99. The zero-order valence-corrected chi connectivity index (χ0v) is 18.9. The Bertz CT molecular complexity index is 1190. The number of carbonyl (C=O) groups excluding carboxylic acids is 1. The van der Waals surface area contributed by atoms with Crippen LogP contribution >= 0.6 is 0 Å². The van der Waals surface area contributed by atoms with E-state index in [1.54, 1.807) is 6.20 Å². The molecule has 0 aliphatic carbocycles. The summed E-state index contributed by atoms with van der Waals surface area (Å²) in [4.78, 5) is 14.7. The highest BCUT2D eigenvalue weighted by Crippen LogP contribution is 2.33. The molecule has 2 saturated heterocycles. The molecule has 176 valence electrons. The molecule has 0 radical (unpaired) electrons. The molecule has 10 heteroatoms. The van der Waals surface area contributed by atoms with E-state index in [9.17, 15) is 22.0 Å². The van der Waals surface area contributed by atoms with Crippen LogP contribution in [-0.2, 0) is 9.84 Å². The van der Waals surface area contributed by atoms with Crippen LogP contribution in [0, 0.1) is 11.6 Å². The van der Waals surface area contributed by atoms with Crippen LogP contribution < -0.4 is 5.32 Å². The molecular weight excluding hydrogens is 450 g/mol. The van der Waals surface area contributed by atoms with E-state index in [0.717, 1.165) is 31.5 Å². The van der Waals surface area contributed by atoms with Gasteiger partial charge in [0.2, 0.25) is 0 Å². The third-order valence-electron chi connectivity index (χ3n) is 6.11. The van der Waals surface area contributed by atoms with Crippen molar-refractivity contribution in [3.05, 3.63) is 65.5 Å². The lowest BCUT2D eigenvalue weighted by atomic mass is 10.0. The number of hydrogen-bond acceptors (Lipinski definition) is 5. The van der Waals surface area contributed by atoms with Gasteiger partial charge in [-0.2, -0.15) is 5.10 Å². The van der Waals surface area contributed by atoms with Crippen LogP contribution in [0.4, 0.5) is 8.78 Å². The molecule has 2 atom stereocenters. The Morgan fingerprint density at radius 3 is 2.85 bits per heavy atom. The van der Waals surface area contributed by atoms with Crippen molar-refractivity contribution < 1.29 is 22.0 Å². The fourth-order valence-corrected chi connectivity index (χ4v) is 6.16. The quantitative estimate of drug-likeness (QED) is 0.664. The Morgan fingerprint density at radius 2 is 2.12 bits per heavy atom. The highest BCUT2D eigenvalue weighted by molar-refractivity contribution is 7.91. The number of hydrogen-bond donors (Lipinski definition) is 1. The number of aromatic nitrogens is 2. The fourth-order valence-electron chi connectivity index (χ4n) is 4.49. The summed E-state index contributed by atoms with van der Waals surface area (Å²) in [6.45, 7) is 5.02. The molecule has 1 N–H and O–H groups in total. The monoisotopic (exact) mass is 476 g/mol. The number of halogens is 2. The molecule has 4 rings (SSSR count). The normalized spacial score (nSPS) is 22.7. The van der Waals surface area contributed by atoms with Gasteiger partial charge in [-0.05, 0) is 50.1 Å². The van der Waals surface area contributed by atoms with Crippen LogP contribution in [-0.4, -0.2) is 59.6 Å². The van der Waals surface area contributed by atoms with Crippen molar-refractivity contribution >= 4 is 28.0 Å². The van der Waals surface area contributed by atoms with Crippen molar-refractivity contribution in [3.8, 4) is 0 Å². The topological polar surface area (TPSA) is 84.3 Å². The first-order valence-electron chi connectivity index (χ1n) is 10.8. The highest BCUT2D eigenvalue weighted by Gasteiger charge is 2.30. The van der Waals surface area contributed by atoms with Crippen LogP contribution in [0.5, 0.6) is 0 Å². The number of rotatable bonds is 7. The standard InChI is InChI=1S/C23H26F2N4O3S/c1-2-21-19(23(30)27-17-8-12-33(31,32)15-17)14-26-29(21)11-4-10-28-9-3-5-22(28)18-13-16(24)6-7-20(18)25/h2,4,6-7,11,13-14,17,22H,1,3,5,8-10,12,15H2,(H,27,30). The predicted octanol–water partition coefficient (Wildman–Crippen LogP) is 3.03. The summed E-state index contributed by atoms with van der Waals surface area (Å²) < 4.78 is 52.6. The molecule has 7 nitrogen and oxygen atoms in total. The van der Waals surface area contributed by atoms with Gasteiger partial charge in [0, 0.05) is 30.4 Å². The molecule has 1 amide bonds. The lowest BCUT2D eigenvalue weighted by molar-refractivity contribution is 0.0941. The van der Waals surface area contributed by atoms with Gasteiger partial charge in [-0.1, -0.05) is 12.7 Å². The van der Waals surface area contributed by atoms with Crippen molar-refractivity contribution in [2.75, 3.05) is 24.6 Å². The zero-order valence-electron chi connectivity index (χ0n) is 18.1. The number of nitrogens with zero attached hydrogens (tertiary/aromatic N) is 3. The van der Waals surface area contributed by atoms with E-state index in [1.807, 2.05) is 6.08 Å². The minimum Gasteiger partial charge on any atom is -0.348 e. The van der Waals surface area contributed by atoms with Gasteiger partial charge in [0.25, 0.3) is 5.91 Å². The minimum absolute atomic E-state index is 0.0564. The first-order chi connectivity index (χ1) is 15.8. The van der Waals surface area contributed by atoms with Gasteiger partial charge in [0.15, 0.2) is 9.84 Å². The van der Waals surface area contributed by atoms with Crippen LogP contribution in [0.2, 0.25) is 0 Å². The van der Waals surface area contributed by atoms with Gasteiger partial charge in [-0.15, -0.1) is 0 Å². The summed E-state index contributed by atoms with van der Waals surface area (Å²) in [6.07, 6.45) is 8.50. The van der Waals surface area contributed by atoms with Crippen molar-refractivity contribution in [1.29, 1.82) is 0 Å². The molecule has 0 saturated carbocycles. The van der Waals surface area contributed by atoms with E-state index in [2.05, 4.69) is 21.9 Å². The fraction of sp³-hybridized carbons (Fsp3) is 0.391. The summed E-state index contributed by atoms with van der Waals surface area (Å²) in [6, 6.07) is 2.92. The number of sulfone groups is 1. The number of amides is 1. The van der Waals surface area contributed by atoms with E-state index in [0.29, 0.717) is 29.8 Å². The van der Waals surface area contributed by atoms with Gasteiger partial charge in [-0.25, -0.2) is 21.9 Å². The number of carbonyl (C=O) groups is 1. The van der Waals surface area contributed by atoms with Crippen LogP contribution in [0.25, 0.3) is 12.3 Å². The Hall–Kier alpha value is -2.85. The van der Waals surface area contributed by atoms with Crippen LogP contribution in [0.3, 0.4) is 0 Å². The SMILES string of the molecule is C=Cc1c(C(=O)NC2CCS(=O)(=O)C2)cnn1C=CCN1CCCC1c1cc(F)ccc1F. The molecule has 2 aliphatic rings. The van der Waals surface area contributed by atoms with Gasteiger partial charge in [0.1, 0.15) is 11.6 Å². The molecule has 1 aromatic heterocycles. The van der Waals surface area contributed by atoms with E-state index in [-0.39, 0.29) is 17.5 Å². The smallest absolute Gasteiger partial charge is 0.255 e. The molecule has 0 spiro atoms. The molecule has 33 heavy (non-hydrogen) atoms. The Balaban J connectivity index is 1.43. The maximum absolute atomic E-state index is 14.2.